The van der Waals surface area contributed by atoms with Gasteiger partial charge in [-0.25, -0.2) is 19.4 Å². The van der Waals surface area contributed by atoms with E-state index in [4.69, 9.17) is 19.6 Å². The molecule has 1 amide bonds. The molecule has 0 bridgehead atoms. The molecule has 2 aromatic heterocycles. The van der Waals surface area contributed by atoms with Crippen LogP contribution >= 0.6 is 15.9 Å². The summed E-state index contributed by atoms with van der Waals surface area (Å²) in [5, 5.41) is 9.00. The molecule has 192 valence electrons. The Morgan fingerprint density at radius 2 is 1.97 bits per heavy atom. The number of amides is 1. The minimum atomic E-state index is -0.505. The van der Waals surface area contributed by atoms with Crippen molar-refractivity contribution in [2.75, 3.05) is 24.6 Å². The number of piperidine rings is 1. The van der Waals surface area contributed by atoms with Crippen LogP contribution in [0.5, 0.6) is 0 Å². The summed E-state index contributed by atoms with van der Waals surface area (Å²) < 4.78 is 14.4. The van der Waals surface area contributed by atoms with Crippen molar-refractivity contribution in [3.63, 3.8) is 0 Å². The average Bonchev–Trinajstić information content (AvgIpc) is 3.22. The minimum Gasteiger partial charge on any atom is -0.444 e. The van der Waals surface area contributed by atoms with Gasteiger partial charge in [0.2, 0.25) is 5.95 Å². The second-order valence-corrected chi connectivity index (χ2v) is 11.3. The summed E-state index contributed by atoms with van der Waals surface area (Å²) >= 11 is 3.61. The highest BCUT2D eigenvalue weighted by atomic mass is 79.9. The van der Waals surface area contributed by atoms with Gasteiger partial charge in [0, 0.05) is 41.8 Å². The fourth-order valence-corrected chi connectivity index (χ4v) is 5.13. The fourth-order valence-electron chi connectivity index (χ4n) is 4.77. The van der Waals surface area contributed by atoms with E-state index in [1.54, 1.807) is 6.20 Å². The summed E-state index contributed by atoms with van der Waals surface area (Å²) in [7, 11) is 0. The Balaban J connectivity index is 1.34. The molecule has 10 heteroatoms. The topological polar surface area (TPSA) is 94.4 Å². The van der Waals surface area contributed by atoms with E-state index in [1.165, 1.54) is 0 Å². The molecule has 0 radical (unpaired) electrons. The van der Waals surface area contributed by atoms with Crippen LogP contribution in [0.2, 0.25) is 0 Å². The van der Waals surface area contributed by atoms with E-state index < -0.39 is 5.60 Å². The van der Waals surface area contributed by atoms with E-state index in [2.05, 4.69) is 43.3 Å². The SMILES string of the molecule is CC(C)(C)OC(=O)NC1CCN(c2nccc(-c3nn(C4CCCCO4)c4ccc(Br)cc34)n2)CC1. The number of fused-ring (bicyclic) bond motifs is 1. The van der Waals surface area contributed by atoms with Gasteiger partial charge in [0.05, 0.1) is 11.2 Å². The van der Waals surface area contributed by atoms with Crippen LogP contribution in [0.4, 0.5) is 10.7 Å². The third-order valence-corrected chi connectivity index (χ3v) is 6.97. The fraction of sp³-hybridized carbons (Fsp3) is 0.538. The molecular weight excluding hydrogens is 524 g/mol. The maximum absolute atomic E-state index is 12.1. The van der Waals surface area contributed by atoms with Gasteiger partial charge >= 0.3 is 6.09 Å². The largest absolute Gasteiger partial charge is 0.444 e. The summed E-state index contributed by atoms with van der Waals surface area (Å²) in [5.41, 5.74) is 2.14. The number of rotatable bonds is 4. The number of anilines is 1. The first-order chi connectivity index (χ1) is 17.3. The zero-order valence-corrected chi connectivity index (χ0v) is 22.6. The van der Waals surface area contributed by atoms with Gasteiger partial charge in [-0.1, -0.05) is 15.9 Å². The zero-order valence-electron chi connectivity index (χ0n) is 21.0. The molecule has 4 heterocycles. The summed E-state index contributed by atoms with van der Waals surface area (Å²) in [6.45, 7) is 7.86. The van der Waals surface area contributed by atoms with Crippen molar-refractivity contribution < 1.29 is 14.3 Å². The monoisotopic (exact) mass is 556 g/mol. The number of nitrogens with zero attached hydrogens (tertiary/aromatic N) is 5. The van der Waals surface area contributed by atoms with Gasteiger partial charge < -0.3 is 19.7 Å². The normalized spacial score (nSPS) is 19.4. The summed E-state index contributed by atoms with van der Waals surface area (Å²) in [6.07, 6.45) is 6.15. The Labute approximate surface area is 219 Å². The van der Waals surface area contributed by atoms with Crippen molar-refractivity contribution in [2.24, 2.45) is 0 Å². The minimum absolute atomic E-state index is 0.0611. The molecule has 2 fully saturated rings. The highest BCUT2D eigenvalue weighted by Crippen LogP contribution is 2.34. The highest BCUT2D eigenvalue weighted by Gasteiger charge is 2.26. The number of benzene rings is 1. The van der Waals surface area contributed by atoms with Crippen molar-refractivity contribution in [2.45, 2.75) is 70.7 Å². The number of carbonyl (C=O) groups is 1. The summed E-state index contributed by atoms with van der Waals surface area (Å²) in [6, 6.07) is 8.19. The molecule has 5 rings (SSSR count). The standard InChI is InChI=1S/C26H33BrN6O3/c1-26(2,3)36-25(34)29-18-10-13-32(14-11-18)24-28-12-9-20(30-24)23-19-16-17(27)7-8-21(19)33(31-23)22-6-4-5-15-35-22/h7-9,12,16,18,22H,4-6,10-11,13-15H2,1-3H3,(H,29,34). The number of hydrogen-bond donors (Lipinski definition) is 1. The second kappa shape index (κ2) is 10.3. The second-order valence-electron chi connectivity index (χ2n) is 10.4. The number of ether oxygens (including phenoxy) is 2. The van der Waals surface area contributed by atoms with Crippen LogP contribution in [0, 0.1) is 0 Å². The lowest BCUT2D eigenvalue weighted by atomic mass is 10.1. The Kier molecular flexibility index (Phi) is 7.16. The van der Waals surface area contributed by atoms with E-state index in [1.807, 2.05) is 37.6 Å². The van der Waals surface area contributed by atoms with Gasteiger partial charge in [-0.15, -0.1) is 0 Å². The number of hydrogen-bond acceptors (Lipinski definition) is 7. The molecule has 0 saturated carbocycles. The first kappa shape index (κ1) is 25.0. The van der Waals surface area contributed by atoms with Gasteiger partial charge in [-0.05, 0) is 77.1 Å². The van der Waals surface area contributed by atoms with Gasteiger partial charge in [-0.3, -0.25) is 0 Å². The van der Waals surface area contributed by atoms with Crippen molar-refractivity contribution >= 4 is 38.9 Å². The maximum Gasteiger partial charge on any atom is 0.407 e. The zero-order chi connectivity index (χ0) is 25.3. The Bertz CT molecular complexity index is 1230. The smallest absolute Gasteiger partial charge is 0.407 e. The third kappa shape index (κ3) is 5.64. The van der Waals surface area contributed by atoms with Gasteiger partial charge in [0.15, 0.2) is 6.23 Å². The Hall–Kier alpha value is -2.72. The lowest BCUT2D eigenvalue weighted by Gasteiger charge is -2.32. The number of nitrogens with one attached hydrogen (secondary N) is 1. The first-order valence-electron chi connectivity index (χ1n) is 12.6. The van der Waals surface area contributed by atoms with Crippen molar-refractivity contribution in [1.29, 1.82) is 0 Å². The Morgan fingerprint density at radius 1 is 1.17 bits per heavy atom. The number of alkyl carbamates (subject to hydrolysis) is 1. The van der Waals surface area contributed by atoms with E-state index in [0.29, 0.717) is 5.95 Å². The highest BCUT2D eigenvalue weighted by molar-refractivity contribution is 9.10. The van der Waals surface area contributed by atoms with Gasteiger partial charge in [0.1, 0.15) is 11.3 Å². The predicted octanol–water partition coefficient (Wildman–Crippen LogP) is 5.45. The summed E-state index contributed by atoms with van der Waals surface area (Å²) in [5.74, 6) is 0.676. The third-order valence-electron chi connectivity index (χ3n) is 6.48. The van der Waals surface area contributed by atoms with E-state index in [0.717, 1.165) is 78.6 Å². The summed E-state index contributed by atoms with van der Waals surface area (Å²) in [4.78, 5) is 23.8. The molecule has 3 aromatic rings. The van der Waals surface area contributed by atoms with Gasteiger partial charge in [-0.2, -0.15) is 5.10 Å². The molecule has 2 saturated heterocycles. The number of aromatic nitrogens is 4. The van der Waals surface area contributed by atoms with Crippen LogP contribution in [0.1, 0.15) is 59.1 Å². The van der Waals surface area contributed by atoms with Crippen molar-refractivity contribution in [1.82, 2.24) is 25.1 Å². The van der Waals surface area contributed by atoms with Crippen molar-refractivity contribution in [3.05, 3.63) is 34.9 Å². The van der Waals surface area contributed by atoms with Crippen LogP contribution in [-0.4, -0.2) is 57.2 Å². The molecule has 9 nitrogen and oxygen atoms in total. The molecule has 0 spiro atoms. The number of carbonyl (C=O) groups excluding carboxylic acids is 1. The maximum atomic E-state index is 12.1. The first-order valence-corrected chi connectivity index (χ1v) is 13.4. The molecule has 36 heavy (non-hydrogen) atoms. The van der Waals surface area contributed by atoms with E-state index in [9.17, 15) is 4.79 Å². The molecule has 0 aliphatic carbocycles. The quantitative estimate of drug-likeness (QED) is 0.456. The Morgan fingerprint density at radius 3 is 2.69 bits per heavy atom. The van der Waals surface area contributed by atoms with E-state index in [-0.39, 0.29) is 18.4 Å². The molecule has 2 aliphatic heterocycles. The molecule has 1 atom stereocenters. The van der Waals surface area contributed by atoms with Crippen LogP contribution in [0.3, 0.4) is 0 Å². The molecule has 1 aromatic carbocycles. The predicted molar refractivity (Wildman–Crippen MR) is 142 cm³/mol. The number of halogens is 1. The molecule has 1 N–H and O–H groups in total. The lowest BCUT2D eigenvalue weighted by molar-refractivity contribution is -0.0365. The molecular formula is C26H33BrN6O3. The lowest BCUT2D eigenvalue weighted by Crippen LogP contribution is -2.46. The molecule has 2 aliphatic rings. The van der Waals surface area contributed by atoms with E-state index >= 15 is 0 Å². The van der Waals surface area contributed by atoms with Crippen LogP contribution in [0.25, 0.3) is 22.3 Å². The van der Waals surface area contributed by atoms with Crippen molar-refractivity contribution in [3.8, 4) is 11.4 Å². The van der Waals surface area contributed by atoms with Gasteiger partial charge in [0.25, 0.3) is 0 Å². The molecule has 1 unspecified atom stereocenters. The average molecular weight is 557 g/mol. The van der Waals surface area contributed by atoms with Crippen LogP contribution in [-0.2, 0) is 9.47 Å². The van der Waals surface area contributed by atoms with Crippen LogP contribution in [0.15, 0.2) is 34.9 Å². The van der Waals surface area contributed by atoms with Crippen LogP contribution < -0.4 is 10.2 Å².